The summed E-state index contributed by atoms with van der Waals surface area (Å²) < 4.78 is 16.3. The van der Waals surface area contributed by atoms with E-state index in [2.05, 4.69) is 32.6 Å². The third kappa shape index (κ3) is 9.99. The molecule has 2 aromatic rings. The molecule has 3 rings (SSSR count). The minimum absolute atomic E-state index is 0.0106. The van der Waals surface area contributed by atoms with Gasteiger partial charge in [0.25, 0.3) is 5.91 Å². The smallest absolute Gasteiger partial charge is 0.268 e. The van der Waals surface area contributed by atoms with Crippen LogP contribution >= 0.6 is 11.6 Å². The van der Waals surface area contributed by atoms with Crippen LogP contribution in [0.15, 0.2) is 23.2 Å². The summed E-state index contributed by atoms with van der Waals surface area (Å²) >= 11 is 6.42. The Labute approximate surface area is 252 Å². The molecule has 11 nitrogen and oxygen atoms in total. The van der Waals surface area contributed by atoms with Crippen LogP contribution in [0.4, 0.5) is 0 Å². The zero-order valence-corrected chi connectivity index (χ0v) is 25.8. The number of carbonyl (C=O) groups excluding carboxylic acids is 3. The summed E-state index contributed by atoms with van der Waals surface area (Å²) in [5.74, 6) is -0.453. The van der Waals surface area contributed by atoms with Crippen molar-refractivity contribution in [1.82, 2.24) is 20.9 Å². The van der Waals surface area contributed by atoms with Crippen molar-refractivity contribution in [1.29, 1.82) is 0 Å². The van der Waals surface area contributed by atoms with Crippen LogP contribution in [-0.2, 0) is 19.1 Å². The van der Waals surface area contributed by atoms with E-state index < -0.39 is 11.9 Å². The Balaban J connectivity index is 1.73. The highest BCUT2D eigenvalue weighted by molar-refractivity contribution is 6.35. The molecule has 0 radical (unpaired) electrons. The van der Waals surface area contributed by atoms with Gasteiger partial charge in [-0.1, -0.05) is 32.4 Å². The number of nitrogens with one attached hydrogen (secondary N) is 4. The van der Waals surface area contributed by atoms with Crippen LogP contribution in [0.3, 0.4) is 0 Å². The fourth-order valence-corrected chi connectivity index (χ4v) is 5.17. The Morgan fingerprint density at radius 1 is 1.19 bits per heavy atom. The molecule has 0 bridgehead atoms. The molecule has 0 saturated carbocycles. The molecule has 1 aliphatic rings. The Bertz CT molecular complexity index is 1230. The van der Waals surface area contributed by atoms with Crippen molar-refractivity contribution < 1.29 is 28.6 Å². The highest BCUT2D eigenvalue weighted by atomic mass is 35.5. The van der Waals surface area contributed by atoms with Gasteiger partial charge in [-0.25, -0.2) is 0 Å². The van der Waals surface area contributed by atoms with Crippen molar-refractivity contribution in [2.45, 2.75) is 58.5 Å². The third-order valence-electron chi connectivity index (χ3n) is 6.97. The van der Waals surface area contributed by atoms with Crippen LogP contribution in [-0.4, -0.2) is 88.1 Å². The van der Waals surface area contributed by atoms with E-state index in [0.717, 1.165) is 12.8 Å². The first-order valence-electron chi connectivity index (χ1n) is 14.3. The highest BCUT2D eigenvalue weighted by Gasteiger charge is 2.31. The first-order chi connectivity index (χ1) is 20.0. The van der Waals surface area contributed by atoms with Gasteiger partial charge in [0, 0.05) is 31.0 Å². The van der Waals surface area contributed by atoms with Gasteiger partial charge in [0.2, 0.25) is 11.8 Å². The minimum Gasteiger partial charge on any atom is -0.490 e. The van der Waals surface area contributed by atoms with Gasteiger partial charge in [0.05, 0.1) is 36.9 Å². The summed E-state index contributed by atoms with van der Waals surface area (Å²) in [7, 11) is 1.61. The topological polar surface area (TPSA) is 143 Å². The number of hydrogen-bond acceptors (Lipinski definition) is 7. The van der Waals surface area contributed by atoms with E-state index in [4.69, 9.17) is 25.8 Å². The second-order valence-electron chi connectivity index (χ2n) is 11.7. The number of methoxy groups -OCH3 is 1. The van der Waals surface area contributed by atoms with Crippen molar-refractivity contribution in [2.24, 2.45) is 16.3 Å². The molecule has 1 saturated heterocycles. The fraction of sp³-hybridized carbons (Fsp3) is 0.600. The molecule has 0 unspecified atom stereocenters. The molecule has 1 aromatic carbocycles. The molecular weight excluding hydrogens is 562 g/mol. The Morgan fingerprint density at radius 2 is 1.95 bits per heavy atom. The van der Waals surface area contributed by atoms with Crippen LogP contribution in [0.2, 0.25) is 5.02 Å². The third-order valence-corrected chi connectivity index (χ3v) is 7.28. The normalized spacial score (nSPS) is 16.9. The van der Waals surface area contributed by atoms with Gasteiger partial charge < -0.3 is 35.1 Å². The maximum absolute atomic E-state index is 13.5. The number of ether oxygens (including phenoxy) is 3. The number of rotatable bonds is 16. The van der Waals surface area contributed by atoms with Gasteiger partial charge >= 0.3 is 0 Å². The van der Waals surface area contributed by atoms with Gasteiger partial charge in [-0.05, 0) is 56.0 Å². The van der Waals surface area contributed by atoms with E-state index in [0.29, 0.717) is 67.5 Å². The van der Waals surface area contributed by atoms with E-state index >= 15 is 0 Å². The predicted molar refractivity (Wildman–Crippen MR) is 164 cm³/mol. The molecule has 1 fully saturated rings. The zero-order valence-electron chi connectivity index (χ0n) is 25.0. The molecule has 42 heavy (non-hydrogen) atoms. The van der Waals surface area contributed by atoms with E-state index in [-0.39, 0.29) is 41.4 Å². The number of aliphatic imine (C=N–C) groups is 1. The molecule has 2 heterocycles. The molecule has 1 aliphatic heterocycles. The number of aromatic nitrogens is 1. The van der Waals surface area contributed by atoms with Crippen LogP contribution in [0.25, 0.3) is 10.9 Å². The molecule has 3 atom stereocenters. The largest absolute Gasteiger partial charge is 0.490 e. The maximum atomic E-state index is 13.5. The van der Waals surface area contributed by atoms with Crippen molar-refractivity contribution >= 4 is 46.9 Å². The quantitative estimate of drug-likeness (QED) is 0.170. The number of halogens is 1. The van der Waals surface area contributed by atoms with Crippen molar-refractivity contribution in [3.63, 3.8) is 0 Å². The van der Waals surface area contributed by atoms with Crippen LogP contribution in [0.5, 0.6) is 5.75 Å². The molecule has 232 valence electrons. The summed E-state index contributed by atoms with van der Waals surface area (Å²) in [6.45, 7) is 12.2. The van der Waals surface area contributed by atoms with Gasteiger partial charge in [-0.2, -0.15) is 0 Å². The zero-order chi connectivity index (χ0) is 30.7. The van der Waals surface area contributed by atoms with Crippen molar-refractivity contribution in [3.05, 3.63) is 28.9 Å². The Hall–Kier alpha value is -3.15. The van der Waals surface area contributed by atoms with Gasteiger partial charge in [0.15, 0.2) is 0 Å². The summed E-state index contributed by atoms with van der Waals surface area (Å²) in [6, 6.07) is 3.89. The maximum Gasteiger partial charge on any atom is 0.268 e. The van der Waals surface area contributed by atoms with E-state index in [1.165, 1.54) is 0 Å². The Morgan fingerprint density at radius 3 is 2.64 bits per heavy atom. The molecule has 1 aromatic heterocycles. The summed E-state index contributed by atoms with van der Waals surface area (Å²) in [5.41, 5.74) is 0.536. The summed E-state index contributed by atoms with van der Waals surface area (Å²) in [4.78, 5) is 46.4. The van der Waals surface area contributed by atoms with Gasteiger partial charge in [-0.3, -0.25) is 19.4 Å². The van der Waals surface area contributed by atoms with Crippen LogP contribution in [0, 0.1) is 11.3 Å². The van der Waals surface area contributed by atoms with E-state index in [1.807, 2.05) is 20.8 Å². The Kier molecular flexibility index (Phi) is 12.6. The molecule has 4 N–H and O–H groups in total. The number of H-pyrrole nitrogens is 1. The number of amides is 3. The first-order valence-corrected chi connectivity index (χ1v) is 14.7. The van der Waals surface area contributed by atoms with Gasteiger partial charge in [0.1, 0.15) is 24.1 Å². The number of fused-ring (bicyclic) bond motifs is 1. The number of nitrogens with zero attached hydrogens (tertiary/aromatic N) is 1. The van der Waals surface area contributed by atoms with Gasteiger partial charge in [-0.15, -0.1) is 0 Å². The minimum atomic E-state index is -0.827. The SMILES string of the molecule is C=NC[C@H](C[C@@H]1CCCNC1=O)NC(=O)[C@H](CC(C)(C)C)NC(=O)c1cc2c(OCCOCCOC)ccc(Cl)c2[nH]1. The summed E-state index contributed by atoms with van der Waals surface area (Å²) in [6.07, 6.45) is 2.49. The second kappa shape index (κ2) is 15.9. The van der Waals surface area contributed by atoms with Crippen molar-refractivity contribution in [2.75, 3.05) is 46.6 Å². The van der Waals surface area contributed by atoms with Crippen molar-refractivity contribution in [3.8, 4) is 5.75 Å². The molecule has 0 spiro atoms. The van der Waals surface area contributed by atoms with E-state index in [1.54, 1.807) is 25.3 Å². The lowest BCUT2D eigenvalue weighted by atomic mass is 9.87. The standard InChI is InChI=1S/C30H44ClN5O6/c1-30(2,3)17-24(29(39)34-20(18-32-4)15-19-7-6-10-33-27(19)37)36-28(38)23-16-21-25(9-8-22(31)26(21)35-23)42-14-13-41-12-11-40-5/h8-9,16,19-20,24,35H,4,6-7,10-15,17-18H2,1-3,5H3,(H,33,37)(H,34,39)(H,36,38)/t19-,20-,24-/m0/s1. The summed E-state index contributed by atoms with van der Waals surface area (Å²) in [5, 5.41) is 9.87. The second-order valence-corrected chi connectivity index (χ2v) is 12.1. The monoisotopic (exact) mass is 605 g/mol. The number of hydrogen-bond donors (Lipinski definition) is 4. The van der Waals surface area contributed by atoms with Crippen LogP contribution < -0.4 is 20.7 Å². The molecule has 3 amide bonds. The lowest BCUT2D eigenvalue weighted by molar-refractivity contribution is -0.128. The highest BCUT2D eigenvalue weighted by Crippen LogP contribution is 2.32. The lowest BCUT2D eigenvalue weighted by Gasteiger charge is -2.29. The number of aromatic amines is 1. The molecule has 12 heteroatoms. The number of benzene rings is 1. The first kappa shape index (κ1) is 33.4. The van der Waals surface area contributed by atoms with Crippen LogP contribution in [0.1, 0.15) is 56.9 Å². The fourth-order valence-electron chi connectivity index (χ4n) is 4.96. The predicted octanol–water partition coefficient (Wildman–Crippen LogP) is 3.50. The van der Waals surface area contributed by atoms with E-state index in [9.17, 15) is 14.4 Å². The molecule has 0 aliphatic carbocycles. The average Bonchev–Trinajstić information content (AvgIpc) is 3.39. The average molecular weight is 606 g/mol. The molecular formula is C30H44ClN5O6. The number of carbonyl (C=O) groups is 3. The number of piperidine rings is 1. The lowest BCUT2D eigenvalue weighted by Crippen LogP contribution is -2.52.